The molecule has 2 bridgehead atoms. The van der Waals surface area contributed by atoms with Crippen LogP contribution in [0.4, 0.5) is 0 Å². The lowest BCUT2D eigenvalue weighted by Gasteiger charge is -2.66. The van der Waals surface area contributed by atoms with Gasteiger partial charge in [-0.15, -0.1) is 0 Å². The van der Waals surface area contributed by atoms with Crippen LogP contribution < -0.4 is 0 Å². The fraction of sp³-hybridized carbons (Fsp3) is 0.273. The Morgan fingerprint density at radius 1 is 0.500 bits per heavy atom. The number of hydrogen-bond donors (Lipinski definition) is 0. The second-order valence-corrected chi connectivity index (χ2v) is 7.46. The summed E-state index contributed by atoms with van der Waals surface area (Å²) in [6.45, 7) is 0. The monoisotopic (exact) mass is 310 g/mol. The Hall–Kier alpha value is -2.48. The van der Waals surface area contributed by atoms with Gasteiger partial charge in [-0.05, 0) is 11.1 Å². The molecule has 0 N–H and O–H groups in total. The van der Waals surface area contributed by atoms with Gasteiger partial charge in [0.25, 0.3) is 0 Å². The predicted molar refractivity (Wildman–Crippen MR) is 93.3 cm³/mol. The lowest BCUT2D eigenvalue weighted by Crippen LogP contribution is -2.67. The molecule has 0 spiro atoms. The molecule has 2 nitrogen and oxygen atoms in total. The molecular formula is C22H18N2. The summed E-state index contributed by atoms with van der Waals surface area (Å²) in [4.78, 5) is 0. The summed E-state index contributed by atoms with van der Waals surface area (Å²) in [7, 11) is 0. The molecule has 4 unspecified atom stereocenters. The maximum absolute atomic E-state index is 5.04. The van der Waals surface area contributed by atoms with Crippen LogP contribution in [-0.4, -0.2) is 0 Å². The Morgan fingerprint density at radius 3 is 1.12 bits per heavy atom. The van der Waals surface area contributed by atoms with Gasteiger partial charge in [-0.1, -0.05) is 85.0 Å². The molecule has 2 heteroatoms. The lowest BCUT2D eigenvalue weighted by atomic mass is 9.41. The fourth-order valence-electron chi connectivity index (χ4n) is 5.52. The minimum atomic E-state index is -0.198. The normalized spacial score (nSPS) is 42.8. The second-order valence-electron chi connectivity index (χ2n) is 7.46. The first-order valence-electron chi connectivity index (χ1n) is 8.79. The molecule has 2 aromatic carbocycles. The number of rotatable bonds is 2. The van der Waals surface area contributed by atoms with E-state index in [-0.39, 0.29) is 11.1 Å². The molecule has 24 heavy (non-hydrogen) atoms. The topological polar surface area (TPSA) is 24.7 Å². The van der Waals surface area contributed by atoms with Gasteiger partial charge in [0.15, 0.2) is 0 Å². The van der Waals surface area contributed by atoms with Gasteiger partial charge in [-0.2, -0.15) is 10.2 Å². The molecule has 0 saturated heterocycles. The van der Waals surface area contributed by atoms with Crippen molar-refractivity contribution in [3.63, 3.8) is 0 Å². The zero-order valence-electron chi connectivity index (χ0n) is 13.3. The first-order chi connectivity index (χ1) is 11.9. The average Bonchev–Trinajstić information content (AvgIpc) is 2.57. The van der Waals surface area contributed by atoms with E-state index in [0.29, 0.717) is 23.7 Å². The highest BCUT2D eigenvalue weighted by Gasteiger charge is 2.71. The van der Waals surface area contributed by atoms with Crippen molar-refractivity contribution >= 4 is 0 Å². The van der Waals surface area contributed by atoms with Gasteiger partial charge in [0.1, 0.15) is 11.1 Å². The molecule has 5 aliphatic rings. The van der Waals surface area contributed by atoms with Crippen LogP contribution in [0.3, 0.4) is 0 Å². The van der Waals surface area contributed by atoms with E-state index in [1.807, 2.05) is 0 Å². The number of hydrogen-bond acceptors (Lipinski definition) is 2. The molecule has 0 radical (unpaired) electrons. The van der Waals surface area contributed by atoms with Crippen LogP contribution in [0, 0.1) is 23.7 Å². The van der Waals surface area contributed by atoms with Gasteiger partial charge in [0.05, 0.1) is 0 Å². The summed E-state index contributed by atoms with van der Waals surface area (Å²) in [5.74, 6) is 1.79. The van der Waals surface area contributed by atoms with Crippen molar-refractivity contribution in [2.24, 2.45) is 33.9 Å². The second kappa shape index (κ2) is 4.13. The van der Waals surface area contributed by atoms with Crippen molar-refractivity contribution in [3.8, 4) is 0 Å². The van der Waals surface area contributed by atoms with Crippen molar-refractivity contribution in [2.75, 3.05) is 0 Å². The minimum Gasteiger partial charge on any atom is -0.180 e. The van der Waals surface area contributed by atoms with E-state index < -0.39 is 0 Å². The van der Waals surface area contributed by atoms with E-state index in [1.54, 1.807) is 0 Å². The molecule has 1 fully saturated rings. The Balaban J connectivity index is 1.63. The molecule has 2 aliphatic heterocycles. The van der Waals surface area contributed by atoms with E-state index in [0.717, 1.165) is 0 Å². The zero-order chi connectivity index (χ0) is 15.8. The van der Waals surface area contributed by atoms with Crippen molar-refractivity contribution in [3.05, 3.63) is 96.1 Å². The quantitative estimate of drug-likeness (QED) is 0.708. The first kappa shape index (κ1) is 12.9. The Bertz CT molecular complexity index is 795. The summed E-state index contributed by atoms with van der Waals surface area (Å²) >= 11 is 0. The van der Waals surface area contributed by atoms with Crippen LogP contribution in [0.25, 0.3) is 0 Å². The lowest BCUT2D eigenvalue weighted by molar-refractivity contribution is -0.0555. The third-order valence-electron chi connectivity index (χ3n) is 6.71. The summed E-state index contributed by atoms with van der Waals surface area (Å²) in [6, 6.07) is 21.6. The Labute approximate surface area is 141 Å². The van der Waals surface area contributed by atoms with Gasteiger partial charge in [-0.3, -0.25) is 0 Å². The highest BCUT2D eigenvalue weighted by Crippen LogP contribution is 2.71. The maximum Gasteiger partial charge on any atom is 0.120 e. The van der Waals surface area contributed by atoms with E-state index in [4.69, 9.17) is 10.2 Å². The largest absolute Gasteiger partial charge is 0.180 e. The molecule has 3 aliphatic carbocycles. The molecule has 116 valence electrons. The van der Waals surface area contributed by atoms with E-state index in [2.05, 4.69) is 85.0 Å². The first-order valence-corrected chi connectivity index (χ1v) is 8.79. The molecule has 4 atom stereocenters. The average molecular weight is 310 g/mol. The van der Waals surface area contributed by atoms with Gasteiger partial charge in [-0.25, -0.2) is 0 Å². The fourth-order valence-corrected chi connectivity index (χ4v) is 5.52. The molecule has 2 aromatic rings. The van der Waals surface area contributed by atoms with Crippen LogP contribution >= 0.6 is 0 Å². The molecule has 0 aromatic heterocycles. The minimum absolute atomic E-state index is 0.198. The van der Waals surface area contributed by atoms with Crippen LogP contribution in [0.5, 0.6) is 0 Å². The molecule has 1 saturated carbocycles. The highest BCUT2D eigenvalue weighted by atomic mass is 15.3. The van der Waals surface area contributed by atoms with Gasteiger partial charge >= 0.3 is 0 Å². The van der Waals surface area contributed by atoms with Crippen molar-refractivity contribution in [2.45, 2.75) is 11.1 Å². The SMILES string of the molecule is C1=CC2C1C1(c3ccccc3)N=NC2(c2ccccc2)C2C=CC21. The van der Waals surface area contributed by atoms with E-state index in [1.165, 1.54) is 11.1 Å². The number of azo groups is 1. The Morgan fingerprint density at radius 2 is 0.833 bits per heavy atom. The molecule has 7 rings (SSSR count). The predicted octanol–water partition coefficient (Wildman–Crippen LogP) is 4.86. The maximum atomic E-state index is 5.04. The molecule has 2 heterocycles. The van der Waals surface area contributed by atoms with Crippen LogP contribution in [0.15, 0.2) is 95.2 Å². The van der Waals surface area contributed by atoms with Gasteiger partial charge < -0.3 is 0 Å². The summed E-state index contributed by atoms with van der Waals surface area (Å²) in [6.07, 6.45) is 9.48. The summed E-state index contributed by atoms with van der Waals surface area (Å²) < 4.78 is 0. The molecular weight excluding hydrogens is 292 g/mol. The third-order valence-corrected chi connectivity index (χ3v) is 6.71. The standard InChI is InChI=1S/C22H18N2/c1-3-7-15(8-4-1)21-17-11-13-19(17)22(24-23-21,20-14-12-18(20)21)16-9-5-2-6-10-16/h1-14,17-20H. The Kier molecular flexibility index (Phi) is 2.22. The number of benzene rings is 2. The summed E-state index contributed by atoms with van der Waals surface area (Å²) in [5.41, 5.74) is 2.23. The van der Waals surface area contributed by atoms with E-state index in [9.17, 15) is 0 Å². The van der Waals surface area contributed by atoms with Crippen LogP contribution in [0.1, 0.15) is 11.1 Å². The van der Waals surface area contributed by atoms with Gasteiger partial charge in [0, 0.05) is 23.7 Å². The third kappa shape index (κ3) is 1.21. The smallest absolute Gasteiger partial charge is 0.120 e. The highest BCUT2D eigenvalue weighted by molar-refractivity contribution is 5.49. The van der Waals surface area contributed by atoms with Gasteiger partial charge in [0.2, 0.25) is 0 Å². The summed E-state index contributed by atoms with van der Waals surface area (Å²) in [5, 5.41) is 10.1. The zero-order valence-corrected chi connectivity index (χ0v) is 13.3. The number of nitrogens with zero attached hydrogens (tertiary/aromatic N) is 2. The van der Waals surface area contributed by atoms with Crippen LogP contribution in [0.2, 0.25) is 0 Å². The van der Waals surface area contributed by atoms with Crippen molar-refractivity contribution in [1.29, 1.82) is 0 Å². The molecule has 0 amide bonds. The van der Waals surface area contributed by atoms with Crippen molar-refractivity contribution < 1.29 is 0 Å². The van der Waals surface area contributed by atoms with Crippen LogP contribution in [-0.2, 0) is 11.1 Å². The van der Waals surface area contributed by atoms with E-state index >= 15 is 0 Å². The van der Waals surface area contributed by atoms with Crippen molar-refractivity contribution in [1.82, 2.24) is 0 Å².